The minimum absolute atomic E-state index is 0. The summed E-state index contributed by atoms with van der Waals surface area (Å²) in [6.07, 6.45) is -5.31. The molecular formula is C12H17ClF3NO2. The lowest BCUT2D eigenvalue weighted by molar-refractivity contribution is -0.136. The quantitative estimate of drug-likeness (QED) is 0.905. The van der Waals surface area contributed by atoms with Crippen LogP contribution in [0.4, 0.5) is 13.2 Å². The zero-order chi connectivity index (χ0) is 13.8. The molecule has 0 saturated heterocycles. The van der Waals surface area contributed by atoms with Crippen LogP contribution in [0.2, 0.25) is 0 Å². The molecule has 1 aromatic carbocycles. The fourth-order valence-electron chi connectivity index (χ4n) is 1.68. The van der Waals surface area contributed by atoms with Crippen LogP contribution in [0.25, 0.3) is 0 Å². The van der Waals surface area contributed by atoms with Gasteiger partial charge in [-0.1, -0.05) is 12.1 Å². The van der Waals surface area contributed by atoms with E-state index in [4.69, 9.17) is 15.2 Å². The van der Waals surface area contributed by atoms with Crippen LogP contribution < -0.4 is 15.2 Å². The highest BCUT2D eigenvalue weighted by molar-refractivity contribution is 5.85. The van der Waals surface area contributed by atoms with E-state index >= 15 is 0 Å². The summed E-state index contributed by atoms with van der Waals surface area (Å²) < 4.78 is 46.6. The molecule has 0 unspecified atom stereocenters. The summed E-state index contributed by atoms with van der Waals surface area (Å²) in [5, 5.41) is 0. The first-order valence-corrected chi connectivity index (χ1v) is 5.42. The minimum Gasteiger partial charge on any atom is -0.493 e. The Balaban J connectivity index is 0.00000324. The second-order valence-electron chi connectivity index (χ2n) is 3.84. The molecule has 2 N–H and O–H groups in total. The van der Waals surface area contributed by atoms with Crippen molar-refractivity contribution in [1.29, 1.82) is 0 Å². The van der Waals surface area contributed by atoms with Crippen LogP contribution in [-0.4, -0.2) is 20.4 Å². The summed E-state index contributed by atoms with van der Waals surface area (Å²) in [6.45, 7) is 0. The Morgan fingerprint density at radius 3 is 2.32 bits per heavy atom. The van der Waals surface area contributed by atoms with Crippen LogP contribution in [-0.2, 0) is 0 Å². The van der Waals surface area contributed by atoms with Gasteiger partial charge in [0.25, 0.3) is 0 Å². The van der Waals surface area contributed by atoms with Crippen LogP contribution in [0.15, 0.2) is 18.2 Å². The number of hydrogen-bond acceptors (Lipinski definition) is 3. The lowest BCUT2D eigenvalue weighted by Crippen LogP contribution is -2.16. The Kier molecular flexibility index (Phi) is 7.00. The SMILES string of the molecule is COc1cccc([C@H](N)CCC(F)(F)F)c1OC.Cl. The molecule has 0 aliphatic rings. The summed E-state index contributed by atoms with van der Waals surface area (Å²) in [6, 6.07) is 4.24. The van der Waals surface area contributed by atoms with E-state index in [-0.39, 0.29) is 18.8 Å². The van der Waals surface area contributed by atoms with Crippen molar-refractivity contribution in [1.82, 2.24) is 0 Å². The molecule has 0 spiro atoms. The van der Waals surface area contributed by atoms with Gasteiger partial charge in [0.05, 0.1) is 14.2 Å². The first-order chi connectivity index (χ1) is 8.39. The van der Waals surface area contributed by atoms with Crippen LogP contribution in [0.5, 0.6) is 11.5 Å². The van der Waals surface area contributed by atoms with E-state index in [2.05, 4.69) is 0 Å². The van der Waals surface area contributed by atoms with Gasteiger partial charge in [-0.25, -0.2) is 0 Å². The zero-order valence-corrected chi connectivity index (χ0v) is 11.5. The molecule has 0 aromatic heterocycles. The van der Waals surface area contributed by atoms with Gasteiger partial charge in [0, 0.05) is 18.0 Å². The smallest absolute Gasteiger partial charge is 0.389 e. The average Bonchev–Trinajstić information content (AvgIpc) is 2.33. The highest BCUT2D eigenvalue weighted by atomic mass is 35.5. The Morgan fingerprint density at radius 1 is 1.21 bits per heavy atom. The molecule has 1 rings (SSSR count). The zero-order valence-electron chi connectivity index (χ0n) is 10.7. The van der Waals surface area contributed by atoms with Gasteiger partial charge in [0.15, 0.2) is 11.5 Å². The molecule has 0 fully saturated rings. The van der Waals surface area contributed by atoms with Crippen molar-refractivity contribution in [2.75, 3.05) is 14.2 Å². The molecule has 19 heavy (non-hydrogen) atoms. The fraction of sp³-hybridized carbons (Fsp3) is 0.500. The number of para-hydroxylation sites is 1. The van der Waals surface area contributed by atoms with E-state index in [1.807, 2.05) is 0 Å². The third-order valence-corrected chi connectivity index (χ3v) is 2.57. The van der Waals surface area contributed by atoms with Crippen LogP contribution in [0.3, 0.4) is 0 Å². The normalized spacial score (nSPS) is 12.5. The van der Waals surface area contributed by atoms with Crippen molar-refractivity contribution in [2.45, 2.75) is 25.1 Å². The van der Waals surface area contributed by atoms with E-state index in [1.165, 1.54) is 14.2 Å². The van der Waals surface area contributed by atoms with E-state index in [9.17, 15) is 13.2 Å². The molecule has 0 aliphatic carbocycles. The van der Waals surface area contributed by atoms with Crippen molar-refractivity contribution >= 4 is 12.4 Å². The third kappa shape index (κ3) is 5.16. The first kappa shape index (κ1) is 17.9. The maximum atomic E-state index is 12.1. The molecule has 1 aromatic rings. The number of benzene rings is 1. The second kappa shape index (κ2) is 7.45. The number of rotatable bonds is 5. The maximum absolute atomic E-state index is 12.1. The third-order valence-electron chi connectivity index (χ3n) is 2.57. The number of methoxy groups -OCH3 is 2. The molecule has 3 nitrogen and oxygen atoms in total. The van der Waals surface area contributed by atoms with Gasteiger partial charge in [-0.3, -0.25) is 0 Å². The topological polar surface area (TPSA) is 44.5 Å². The van der Waals surface area contributed by atoms with Crippen LogP contribution >= 0.6 is 12.4 Å². The Labute approximate surface area is 116 Å². The number of halogens is 4. The van der Waals surface area contributed by atoms with Crippen LogP contribution in [0.1, 0.15) is 24.4 Å². The summed E-state index contributed by atoms with van der Waals surface area (Å²) in [4.78, 5) is 0. The standard InChI is InChI=1S/C12H16F3NO2.ClH/c1-17-10-5-3-4-8(11(10)18-2)9(16)6-7-12(13,14)15;/h3-5,9H,6-7,16H2,1-2H3;1H/t9-;/m1./s1. The lowest BCUT2D eigenvalue weighted by atomic mass is 10.0. The second-order valence-corrected chi connectivity index (χ2v) is 3.84. The minimum atomic E-state index is -4.20. The van der Waals surface area contributed by atoms with Crippen molar-refractivity contribution in [3.8, 4) is 11.5 Å². The molecule has 0 bridgehead atoms. The van der Waals surface area contributed by atoms with E-state index < -0.39 is 18.6 Å². The predicted octanol–water partition coefficient (Wildman–Crippen LogP) is 3.47. The van der Waals surface area contributed by atoms with Crippen molar-refractivity contribution in [3.63, 3.8) is 0 Å². The lowest BCUT2D eigenvalue weighted by Gasteiger charge is -2.18. The Morgan fingerprint density at radius 2 is 1.84 bits per heavy atom. The monoisotopic (exact) mass is 299 g/mol. The molecule has 0 saturated carbocycles. The van der Waals surface area contributed by atoms with E-state index in [0.29, 0.717) is 17.1 Å². The van der Waals surface area contributed by atoms with Crippen molar-refractivity contribution in [3.05, 3.63) is 23.8 Å². The van der Waals surface area contributed by atoms with Gasteiger partial charge in [0.2, 0.25) is 0 Å². The molecule has 0 amide bonds. The molecular weight excluding hydrogens is 283 g/mol. The van der Waals surface area contributed by atoms with Gasteiger partial charge in [0.1, 0.15) is 0 Å². The largest absolute Gasteiger partial charge is 0.493 e. The molecule has 0 aliphatic heterocycles. The molecule has 1 atom stereocenters. The highest BCUT2D eigenvalue weighted by Gasteiger charge is 2.28. The fourth-order valence-corrected chi connectivity index (χ4v) is 1.68. The molecule has 7 heteroatoms. The number of ether oxygens (including phenoxy) is 2. The summed E-state index contributed by atoms with van der Waals surface area (Å²) >= 11 is 0. The summed E-state index contributed by atoms with van der Waals surface area (Å²) in [5.41, 5.74) is 6.28. The van der Waals surface area contributed by atoms with E-state index in [0.717, 1.165) is 0 Å². The number of hydrogen-bond donors (Lipinski definition) is 1. The van der Waals surface area contributed by atoms with Crippen LogP contribution in [0, 0.1) is 0 Å². The van der Waals surface area contributed by atoms with Gasteiger partial charge >= 0.3 is 6.18 Å². The first-order valence-electron chi connectivity index (χ1n) is 5.42. The van der Waals surface area contributed by atoms with E-state index in [1.54, 1.807) is 18.2 Å². The molecule has 0 heterocycles. The van der Waals surface area contributed by atoms with Gasteiger partial charge in [-0.15, -0.1) is 12.4 Å². The predicted molar refractivity (Wildman–Crippen MR) is 69.0 cm³/mol. The van der Waals surface area contributed by atoms with Gasteiger partial charge < -0.3 is 15.2 Å². The molecule has 110 valence electrons. The van der Waals surface area contributed by atoms with Gasteiger partial charge in [-0.05, 0) is 12.5 Å². The summed E-state index contributed by atoms with van der Waals surface area (Å²) in [7, 11) is 2.89. The number of alkyl halides is 3. The highest BCUT2D eigenvalue weighted by Crippen LogP contribution is 2.36. The van der Waals surface area contributed by atoms with Crippen molar-refractivity contribution in [2.24, 2.45) is 5.73 Å². The molecule has 0 radical (unpaired) electrons. The number of nitrogens with two attached hydrogens (primary N) is 1. The maximum Gasteiger partial charge on any atom is 0.389 e. The summed E-state index contributed by atoms with van der Waals surface area (Å²) in [5.74, 6) is 0.840. The average molecular weight is 300 g/mol. The Hall–Kier alpha value is -1.14. The van der Waals surface area contributed by atoms with Gasteiger partial charge in [-0.2, -0.15) is 13.2 Å². The Bertz CT molecular complexity index is 399. The van der Waals surface area contributed by atoms with Crippen molar-refractivity contribution < 1.29 is 22.6 Å².